The summed E-state index contributed by atoms with van der Waals surface area (Å²) in [6.45, 7) is 0. The van der Waals surface area contributed by atoms with Crippen molar-refractivity contribution in [3.8, 4) is 0 Å². The molecule has 0 spiro atoms. The van der Waals surface area contributed by atoms with Crippen molar-refractivity contribution in [3.05, 3.63) is 59.2 Å². The third-order valence-corrected chi connectivity index (χ3v) is 4.12. The van der Waals surface area contributed by atoms with Gasteiger partial charge in [-0.1, -0.05) is 6.07 Å². The van der Waals surface area contributed by atoms with Crippen molar-refractivity contribution < 1.29 is 30.8 Å². The van der Waals surface area contributed by atoms with Gasteiger partial charge in [-0.2, -0.15) is 0 Å². The van der Waals surface area contributed by atoms with Gasteiger partial charge in [0.25, 0.3) is 10.0 Å². The number of nitrogens with one attached hydrogen (secondary N) is 1. The first kappa shape index (κ1) is 16.7. The number of sulfonamides is 1. The first-order valence-electron chi connectivity index (χ1n) is 5.89. The maximum Gasteiger partial charge on any atom is 0.262 e. The van der Waals surface area contributed by atoms with Crippen LogP contribution in [-0.2, 0) is 10.0 Å². The molecule has 0 aliphatic heterocycles. The Balaban J connectivity index is 2.52. The van der Waals surface area contributed by atoms with Gasteiger partial charge in [0.1, 0.15) is 5.69 Å². The van der Waals surface area contributed by atoms with Crippen LogP contribution >= 0.6 is 0 Å². The molecular formula is C13H8F4N2O3S. The average Bonchev–Trinajstić information content (AvgIpc) is 2.50. The van der Waals surface area contributed by atoms with Crippen LogP contribution in [0.15, 0.2) is 35.2 Å². The summed E-state index contributed by atoms with van der Waals surface area (Å²) in [4.78, 5) is 10.5. The molecule has 0 radical (unpaired) electrons. The van der Waals surface area contributed by atoms with Crippen molar-refractivity contribution in [2.24, 2.45) is 5.73 Å². The summed E-state index contributed by atoms with van der Waals surface area (Å²) in [5, 5.41) is 0. The predicted molar refractivity (Wildman–Crippen MR) is 72.0 cm³/mol. The van der Waals surface area contributed by atoms with Crippen molar-refractivity contribution >= 4 is 21.6 Å². The van der Waals surface area contributed by atoms with Gasteiger partial charge in [-0.15, -0.1) is 0 Å². The van der Waals surface area contributed by atoms with Gasteiger partial charge in [0, 0.05) is 11.6 Å². The SMILES string of the molecule is NC(=O)c1cccc(S(=O)(=O)Nc2c(F)c(F)cc(F)c2F)c1. The predicted octanol–water partition coefficient (Wildman–Crippen LogP) is 2.14. The Labute approximate surface area is 127 Å². The normalized spacial score (nSPS) is 11.3. The highest BCUT2D eigenvalue weighted by Crippen LogP contribution is 2.26. The lowest BCUT2D eigenvalue weighted by Gasteiger charge is -2.11. The van der Waals surface area contributed by atoms with Crippen LogP contribution in [0.25, 0.3) is 0 Å². The zero-order valence-electron chi connectivity index (χ0n) is 11.1. The summed E-state index contributed by atoms with van der Waals surface area (Å²) in [5.74, 6) is -8.28. The van der Waals surface area contributed by atoms with Gasteiger partial charge in [0.2, 0.25) is 5.91 Å². The van der Waals surface area contributed by atoms with E-state index in [1.807, 2.05) is 0 Å². The first-order valence-corrected chi connectivity index (χ1v) is 7.37. The number of hydrogen-bond donors (Lipinski definition) is 2. The van der Waals surface area contributed by atoms with E-state index in [0.29, 0.717) is 0 Å². The van der Waals surface area contributed by atoms with Gasteiger partial charge < -0.3 is 5.73 Å². The minimum atomic E-state index is -4.62. The second-order valence-corrected chi connectivity index (χ2v) is 6.02. The summed E-state index contributed by atoms with van der Waals surface area (Å²) in [7, 11) is -4.62. The Morgan fingerprint density at radius 2 is 1.57 bits per heavy atom. The number of rotatable bonds is 4. The number of carbonyl (C=O) groups excluding carboxylic acids is 1. The Kier molecular flexibility index (Phi) is 4.28. The molecule has 10 heteroatoms. The van der Waals surface area contributed by atoms with Crippen molar-refractivity contribution in [2.75, 3.05) is 4.72 Å². The second-order valence-electron chi connectivity index (χ2n) is 4.34. The molecule has 0 aliphatic carbocycles. The molecule has 1 amide bonds. The number of carbonyl (C=O) groups is 1. The molecule has 0 fully saturated rings. The maximum atomic E-state index is 13.5. The molecule has 0 saturated heterocycles. The van der Waals surface area contributed by atoms with Crippen LogP contribution in [0.5, 0.6) is 0 Å². The lowest BCUT2D eigenvalue weighted by Crippen LogP contribution is -2.18. The number of halogens is 4. The summed E-state index contributed by atoms with van der Waals surface area (Å²) in [6, 6.07) is 4.16. The number of nitrogens with two attached hydrogens (primary N) is 1. The molecule has 122 valence electrons. The van der Waals surface area contributed by atoms with Crippen LogP contribution in [-0.4, -0.2) is 14.3 Å². The van der Waals surface area contributed by atoms with Gasteiger partial charge in [-0.25, -0.2) is 26.0 Å². The van der Waals surface area contributed by atoms with Crippen LogP contribution in [0.1, 0.15) is 10.4 Å². The van der Waals surface area contributed by atoms with Gasteiger partial charge in [-0.05, 0) is 18.2 Å². The molecule has 0 unspecified atom stereocenters. The summed E-state index contributed by atoms with van der Waals surface area (Å²) >= 11 is 0. The molecule has 5 nitrogen and oxygen atoms in total. The number of amides is 1. The zero-order valence-corrected chi connectivity index (χ0v) is 11.9. The molecule has 0 bridgehead atoms. The van der Waals surface area contributed by atoms with E-state index >= 15 is 0 Å². The average molecular weight is 348 g/mol. The van der Waals surface area contributed by atoms with Crippen molar-refractivity contribution in [1.82, 2.24) is 0 Å². The molecular weight excluding hydrogens is 340 g/mol. The topological polar surface area (TPSA) is 89.3 Å². The van der Waals surface area contributed by atoms with Crippen molar-refractivity contribution in [1.29, 1.82) is 0 Å². The Bertz CT molecular complexity index is 874. The largest absolute Gasteiger partial charge is 0.366 e. The smallest absolute Gasteiger partial charge is 0.262 e. The minimum Gasteiger partial charge on any atom is -0.366 e. The Hall–Kier alpha value is -2.62. The molecule has 0 saturated carbocycles. The van der Waals surface area contributed by atoms with Crippen LogP contribution in [0.4, 0.5) is 23.2 Å². The lowest BCUT2D eigenvalue weighted by atomic mass is 10.2. The van der Waals surface area contributed by atoms with E-state index in [2.05, 4.69) is 0 Å². The van der Waals surface area contributed by atoms with E-state index in [4.69, 9.17) is 5.73 Å². The molecule has 0 aliphatic rings. The number of primary amides is 1. The van der Waals surface area contributed by atoms with Crippen LogP contribution in [0, 0.1) is 23.3 Å². The lowest BCUT2D eigenvalue weighted by molar-refractivity contribution is 0.1000. The monoisotopic (exact) mass is 348 g/mol. The molecule has 0 atom stereocenters. The fourth-order valence-corrected chi connectivity index (χ4v) is 2.78. The minimum absolute atomic E-state index is 0.0593. The molecule has 23 heavy (non-hydrogen) atoms. The third-order valence-electron chi connectivity index (χ3n) is 2.78. The maximum absolute atomic E-state index is 13.5. The molecule has 0 aromatic heterocycles. The molecule has 3 N–H and O–H groups in total. The molecule has 0 heterocycles. The van der Waals surface area contributed by atoms with E-state index in [1.165, 1.54) is 10.8 Å². The van der Waals surface area contributed by atoms with E-state index in [1.54, 1.807) is 0 Å². The molecule has 2 aromatic rings. The van der Waals surface area contributed by atoms with E-state index < -0.39 is 49.8 Å². The number of anilines is 1. The fourth-order valence-electron chi connectivity index (χ4n) is 1.67. The third kappa shape index (κ3) is 3.26. The molecule has 2 aromatic carbocycles. The Morgan fingerprint density at radius 3 is 2.09 bits per heavy atom. The van der Waals surface area contributed by atoms with Crippen LogP contribution < -0.4 is 10.5 Å². The van der Waals surface area contributed by atoms with Crippen molar-refractivity contribution in [3.63, 3.8) is 0 Å². The Morgan fingerprint density at radius 1 is 1.00 bits per heavy atom. The van der Waals surface area contributed by atoms with E-state index in [9.17, 15) is 30.8 Å². The van der Waals surface area contributed by atoms with Gasteiger partial charge in [0.15, 0.2) is 23.3 Å². The van der Waals surface area contributed by atoms with Crippen molar-refractivity contribution in [2.45, 2.75) is 4.90 Å². The van der Waals surface area contributed by atoms with Gasteiger partial charge >= 0.3 is 0 Å². The molecule has 2 rings (SSSR count). The summed E-state index contributed by atoms with van der Waals surface area (Å²) in [5.41, 5.74) is 3.30. The highest BCUT2D eigenvalue weighted by atomic mass is 32.2. The standard InChI is InChI=1S/C13H8F4N2O3S/c14-8-5-9(15)11(17)12(10(8)16)19-23(21,22)7-3-1-2-6(4-7)13(18)20/h1-5,19H,(H2,18,20). The summed E-state index contributed by atoms with van der Waals surface area (Å²) in [6.07, 6.45) is 0. The fraction of sp³-hybridized carbons (Fsp3) is 0. The van der Waals surface area contributed by atoms with Gasteiger partial charge in [0.05, 0.1) is 4.90 Å². The van der Waals surface area contributed by atoms with Crippen LogP contribution in [0.3, 0.4) is 0 Å². The second kappa shape index (κ2) is 5.88. The summed E-state index contributed by atoms with van der Waals surface area (Å²) < 4.78 is 78.7. The number of hydrogen-bond acceptors (Lipinski definition) is 3. The highest BCUT2D eigenvalue weighted by Gasteiger charge is 2.24. The zero-order chi connectivity index (χ0) is 17.4. The number of benzene rings is 2. The van der Waals surface area contributed by atoms with Crippen LogP contribution in [0.2, 0.25) is 0 Å². The quantitative estimate of drug-likeness (QED) is 0.655. The van der Waals surface area contributed by atoms with E-state index in [0.717, 1.165) is 18.2 Å². The van der Waals surface area contributed by atoms with Gasteiger partial charge in [-0.3, -0.25) is 9.52 Å². The highest BCUT2D eigenvalue weighted by molar-refractivity contribution is 7.92. The van der Waals surface area contributed by atoms with E-state index in [-0.39, 0.29) is 11.6 Å². The first-order chi connectivity index (χ1) is 10.6.